The Hall–Kier alpha value is -3.52. The summed E-state index contributed by atoms with van der Waals surface area (Å²) in [5.41, 5.74) is 6.16. The third-order valence-electron chi connectivity index (χ3n) is 5.84. The van der Waals surface area contributed by atoms with Crippen molar-refractivity contribution in [3.8, 4) is 5.75 Å². The Labute approximate surface area is 177 Å². The summed E-state index contributed by atoms with van der Waals surface area (Å²) in [6, 6.07) is 32.1. The average Bonchev–Trinajstić information content (AvgIpc) is 3.11. The third-order valence-corrected chi connectivity index (χ3v) is 5.84. The van der Waals surface area contributed by atoms with Gasteiger partial charge in [0, 0.05) is 22.4 Å². The Balaban J connectivity index is 1.79. The fourth-order valence-corrected chi connectivity index (χ4v) is 4.58. The smallest absolute Gasteiger partial charge is 0.131 e. The minimum absolute atomic E-state index is 0.0663. The lowest BCUT2D eigenvalue weighted by Crippen LogP contribution is -2.06. The lowest BCUT2D eigenvalue weighted by atomic mass is 9.82. The number of benzene rings is 4. The van der Waals surface area contributed by atoms with Crippen LogP contribution in [0.2, 0.25) is 0 Å². The van der Waals surface area contributed by atoms with Gasteiger partial charge in [-0.2, -0.15) is 0 Å². The molecule has 1 aliphatic carbocycles. The fraction of sp³-hybridized carbons (Fsp3) is 0.143. The zero-order chi connectivity index (χ0) is 20.5. The van der Waals surface area contributed by atoms with Crippen LogP contribution in [-0.4, -0.2) is 13.7 Å². The van der Waals surface area contributed by atoms with E-state index in [0.717, 1.165) is 11.5 Å². The largest absolute Gasteiger partial charge is 0.497 e. The van der Waals surface area contributed by atoms with Crippen molar-refractivity contribution in [2.75, 3.05) is 13.7 Å². The van der Waals surface area contributed by atoms with Crippen molar-refractivity contribution >= 4 is 22.1 Å². The molecule has 30 heavy (non-hydrogen) atoms. The van der Waals surface area contributed by atoms with Gasteiger partial charge in [0.1, 0.15) is 11.5 Å². The number of methoxy groups -OCH3 is 1. The lowest BCUT2D eigenvalue weighted by Gasteiger charge is -2.23. The zero-order valence-electron chi connectivity index (χ0n) is 17.3. The summed E-state index contributed by atoms with van der Waals surface area (Å²) < 4.78 is 11.7. The number of rotatable bonds is 6. The van der Waals surface area contributed by atoms with Gasteiger partial charge in [-0.05, 0) is 41.1 Å². The minimum atomic E-state index is 0.0663. The maximum atomic E-state index is 6.31. The van der Waals surface area contributed by atoms with Crippen LogP contribution in [0.4, 0.5) is 0 Å². The normalized spacial score (nSPS) is 13.5. The molecule has 0 spiro atoms. The Bertz CT molecular complexity index is 1220. The van der Waals surface area contributed by atoms with E-state index in [4.69, 9.17) is 9.47 Å². The van der Waals surface area contributed by atoms with Crippen molar-refractivity contribution in [1.29, 1.82) is 0 Å². The molecule has 4 aromatic carbocycles. The molecule has 148 valence electrons. The molecular formula is C28H24O2. The van der Waals surface area contributed by atoms with Crippen molar-refractivity contribution in [2.45, 2.75) is 12.8 Å². The molecular weight excluding hydrogens is 368 g/mol. The Kier molecular flexibility index (Phi) is 4.76. The van der Waals surface area contributed by atoms with E-state index in [2.05, 4.69) is 85.8 Å². The monoisotopic (exact) mass is 392 g/mol. The number of ether oxygens (including phenoxy) is 2. The standard InChI is InChI=1S/C28H24O2/c1-3-30-28-24-14-8-12-20-11-7-13-23(26(20)24)27(28)25(19-9-5-4-6-10-19)21-15-17-22(29-2)18-16-21/h4-18,25H,3H2,1-2H3/t25-/m1/s1. The van der Waals surface area contributed by atoms with Crippen molar-refractivity contribution < 1.29 is 9.47 Å². The first-order chi connectivity index (χ1) is 14.8. The van der Waals surface area contributed by atoms with E-state index in [0.29, 0.717) is 6.61 Å². The van der Waals surface area contributed by atoms with Gasteiger partial charge in [0.05, 0.1) is 13.7 Å². The van der Waals surface area contributed by atoms with E-state index in [9.17, 15) is 0 Å². The quantitative estimate of drug-likeness (QED) is 0.355. The van der Waals surface area contributed by atoms with Crippen molar-refractivity contribution in [3.05, 3.63) is 113 Å². The average molecular weight is 392 g/mol. The topological polar surface area (TPSA) is 18.5 Å². The summed E-state index contributed by atoms with van der Waals surface area (Å²) in [6.45, 7) is 2.69. The highest BCUT2D eigenvalue weighted by molar-refractivity contribution is 6.13. The highest BCUT2D eigenvalue weighted by Crippen LogP contribution is 2.50. The Morgan fingerprint density at radius 2 is 1.37 bits per heavy atom. The molecule has 0 saturated heterocycles. The van der Waals surface area contributed by atoms with Gasteiger partial charge < -0.3 is 9.47 Å². The molecule has 0 aliphatic heterocycles. The van der Waals surface area contributed by atoms with E-state index in [1.807, 2.05) is 12.1 Å². The van der Waals surface area contributed by atoms with E-state index >= 15 is 0 Å². The van der Waals surface area contributed by atoms with Crippen molar-refractivity contribution in [3.63, 3.8) is 0 Å². The predicted octanol–water partition coefficient (Wildman–Crippen LogP) is 6.90. The molecule has 4 aromatic rings. The van der Waals surface area contributed by atoms with Crippen molar-refractivity contribution in [1.82, 2.24) is 0 Å². The molecule has 0 radical (unpaired) electrons. The van der Waals surface area contributed by atoms with Crippen LogP contribution in [0.1, 0.15) is 35.1 Å². The van der Waals surface area contributed by atoms with Crippen LogP contribution < -0.4 is 4.74 Å². The Morgan fingerprint density at radius 1 is 0.700 bits per heavy atom. The molecule has 0 bridgehead atoms. The highest BCUT2D eigenvalue weighted by atomic mass is 16.5. The molecule has 0 heterocycles. The van der Waals surface area contributed by atoms with Gasteiger partial charge in [-0.1, -0.05) is 78.9 Å². The first kappa shape index (κ1) is 18.5. The second-order valence-electron chi connectivity index (χ2n) is 7.50. The predicted molar refractivity (Wildman–Crippen MR) is 124 cm³/mol. The molecule has 2 heteroatoms. The molecule has 0 N–H and O–H groups in total. The molecule has 1 aliphatic rings. The molecule has 5 rings (SSSR count). The van der Waals surface area contributed by atoms with Crippen LogP contribution >= 0.6 is 0 Å². The van der Waals surface area contributed by atoms with Crippen LogP contribution in [0.3, 0.4) is 0 Å². The van der Waals surface area contributed by atoms with Gasteiger partial charge in [-0.25, -0.2) is 0 Å². The molecule has 0 unspecified atom stereocenters. The van der Waals surface area contributed by atoms with Gasteiger partial charge in [-0.3, -0.25) is 0 Å². The first-order valence-electron chi connectivity index (χ1n) is 10.4. The molecule has 0 fully saturated rings. The number of hydrogen-bond acceptors (Lipinski definition) is 2. The lowest BCUT2D eigenvalue weighted by molar-refractivity contribution is 0.299. The van der Waals surface area contributed by atoms with Crippen LogP contribution in [0, 0.1) is 0 Å². The highest BCUT2D eigenvalue weighted by Gasteiger charge is 2.32. The van der Waals surface area contributed by atoms with E-state index < -0.39 is 0 Å². The minimum Gasteiger partial charge on any atom is -0.497 e. The van der Waals surface area contributed by atoms with Gasteiger partial charge in [0.25, 0.3) is 0 Å². The second-order valence-corrected chi connectivity index (χ2v) is 7.50. The molecule has 1 atom stereocenters. The third kappa shape index (κ3) is 2.96. The van der Waals surface area contributed by atoms with Crippen LogP contribution in [-0.2, 0) is 4.74 Å². The molecule has 0 saturated carbocycles. The Morgan fingerprint density at radius 3 is 2.03 bits per heavy atom. The second kappa shape index (κ2) is 7.72. The van der Waals surface area contributed by atoms with E-state index in [-0.39, 0.29) is 5.92 Å². The molecule has 0 aromatic heterocycles. The van der Waals surface area contributed by atoms with Gasteiger partial charge in [0.15, 0.2) is 0 Å². The van der Waals surface area contributed by atoms with Crippen LogP contribution in [0.15, 0.2) is 91.0 Å². The fourth-order valence-electron chi connectivity index (χ4n) is 4.58. The van der Waals surface area contributed by atoms with E-state index in [1.165, 1.54) is 38.6 Å². The van der Waals surface area contributed by atoms with Gasteiger partial charge in [0.2, 0.25) is 0 Å². The number of hydrogen-bond donors (Lipinski definition) is 0. The van der Waals surface area contributed by atoms with Crippen LogP contribution in [0.5, 0.6) is 5.75 Å². The molecule has 0 amide bonds. The maximum absolute atomic E-state index is 6.31. The van der Waals surface area contributed by atoms with Crippen molar-refractivity contribution in [2.24, 2.45) is 0 Å². The van der Waals surface area contributed by atoms with Crippen LogP contribution in [0.25, 0.3) is 22.1 Å². The van der Waals surface area contributed by atoms with Gasteiger partial charge >= 0.3 is 0 Å². The van der Waals surface area contributed by atoms with E-state index in [1.54, 1.807) is 7.11 Å². The summed E-state index contributed by atoms with van der Waals surface area (Å²) >= 11 is 0. The summed E-state index contributed by atoms with van der Waals surface area (Å²) in [5.74, 6) is 1.92. The summed E-state index contributed by atoms with van der Waals surface area (Å²) in [5, 5.41) is 2.53. The molecule has 2 nitrogen and oxygen atoms in total. The summed E-state index contributed by atoms with van der Waals surface area (Å²) in [7, 11) is 1.70. The zero-order valence-corrected chi connectivity index (χ0v) is 17.3. The summed E-state index contributed by atoms with van der Waals surface area (Å²) in [4.78, 5) is 0. The SMILES string of the molecule is CCOC1=C([C@H](c2ccccc2)c2ccc(OC)cc2)c2cccc3cccc1c23. The number of allylic oxidation sites excluding steroid dienone is 1. The summed E-state index contributed by atoms with van der Waals surface area (Å²) in [6.07, 6.45) is 0. The van der Waals surface area contributed by atoms with Gasteiger partial charge in [-0.15, -0.1) is 0 Å². The first-order valence-corrected chi connectivity index (χ1v) is 10.4. The maximum Gasteiger partial charge on any atom is 0.131 e.